The first-order valence-corrected chi connectivity index (χ1v) is 7.24. The van der Waals surface area contributed by atoms with Gasteiger partial charge < -0.3 is 4.90 Å². The summed E-state index contributed by atoms with van der Waals surface area (Å²) in [6.45, 7) is 2.79. The average Bonchev–Trinajstić information content (AvgIpc) is 3.10. The maximum atomic E-state index is 12.7. The first-order valence-electron chi connectivity index (χ1n) is 7.24. The molecule has 5 heteroatoms. The quantitative estimate of drug-likeness (QED) is 0.815. The summed E-state index contributed by atoms with van der Waals surface area (Å²) >= 11 is 0. The summed E-state index contributed by atoms with van der Waals surface area (Å²) in [6.07, 6.45) is 8.15. The lowest BCUT2D eigenvalue weighted by Crippen LogP contribution is -2.47. The van der Waals surface area contributed by atoms with Gasteiger partial charge in [-0.05, 0) is 45.3 Å². The molecule has 0 N–H and O–H groups in total. The molecule has 1 aromatic rings. The van der Waals surface area contributed by atoms with Crippen molar-refractivity contribution < 1.29 is 4.79 Å². The maximum Gasteiger partial charge on any atom is 0.240 e. The van der Waals surface area contributed by atoms with Gasteiger partial charge >= 0.3 is 0 Å². The van der Waals surface area contributed by atoms with Crippen molar-refractivity contribution >= 4 is 5.91 Å². The van der Waals surface area contributed by atoms with Crippen molar-refractivity contribution in [1.29, 1.82) is 0 Å². The molecule has 0 unspecified atom stereocenters. The van der Waals surface area contributed by atoms with Crippen LogP contribution in [0.5, 0.6) is 0 Å². The van der Waals surface area contributed by atoms with Crippen LogP contribution >= 0.6 is 0 Å². The monoisotopic (exact) mass is 262 g/mol. The lowest BCUT2D eigenvalue weighted by molar-refractivity contribution is -0.136. The van der Waals surface area contributed by atoms with Crippen molar-refractivity contribution in [3.63, 3.8) is 0 Å². The highest BCUT2D eigenvalue weighted by molar-refractivity contribution is 5.82. The smallest absolute Gasteiger partial charge is 0.240 e. The molecule has 0 saturated carbocycles. The highest BCUT2D eigenvalue weighted by atomic mass is 16.2. The fourth-order valence-electron chi connectivity index (χ4n) is 3.35. The number of rotatable bonds is 3. The molecule has 0 bridgehead atoms. The Balaban J connectivity index is 1.67. The molecular formula is C14H22N4O. The molecule has 2 aliphatic rings. The van der Waals surface area contributed by atoms with Gasteiger partial charge in [-0.1, -0.05) is 0 Å². The third-order valence-corrected chi connectivity index (χ3v) is 4.42. The number of carbonyl (C=O) groups excluding carboxylic acids is 1. The molecule has 0 aromatic carbocycles. The highest BCUT2D eigenvalue weighted by Crippen LogP contribution is 2.24. The largest absolute Gasteiger partial charge is 0.336 e. The zero-order valence-electron chi connectivity index (χ0n) is 11.5. The van der Waals surface area contributed by atoms with Crippen molar-refractivity contribution in [3.8, 4) is 0 Å². The van der Waals surface area contributed by atoms with Gasteiger partial charge in [0.15, 0.2) is 0 Å². The van der Waals surface area contributed by atoms with Crippen molar-refractivity contribution in [3.05, 3.63) is 18.5 Å². The van der Waals surface area contributed by atoms with E-state index >= 15 is 0 Å². The van der Waals surface area contributed by atoms with Crippen LogP contribution in [0.3, 0.4) is 0 Å². The second-order valence-electron chi connectivity index (χ2n) is 5.69. The molecule has 3 heterocycles. The Labute approximate surface area is 114 Å². The van der Waals surface area contributed by atoms with E-state index in [4.69, 9.17) is 0 Å². The Morgan fingerprint density at radius 1 is 1.32 bits per heavy atom. The highest BCUT2D eigenvalue weighted by Gasteiger charge is 2.36. The summed E-state index contributed by atoms with van der Waals surface area (Å²) in [5.41, 5.74) is 0. The standard InChI is InChI=1S/C14H22N4O/c1-16-8-3-6-13(16)14(19)18-10-2-5-12(18)11-17-9-4-7-15-17/h4,7,9,12-13H,2-3,5-6,8,10-11H2,1H3/t12-,13-/m1/s1. The Hall–Kier alpha value is -1.36. The molecule has 2 saturated heterocycles. The predicted molar refractivity (Wildman–Crippen MR) is 72.6 cm³/mol. The maximum absolute atomic E-state index is 12.7. The zero-order chi connectivity index (χ0) is 13.2. The van der Waals surface area contributed by atoms with Gasteiger partial charge in [0, 0.05) is 18.9 Å². The summed E-state index contributed by atoms with van der Waals surface area (Å²) in [5, 5.41) is 4.25. The molecular weight excluding hydrogens is 240 g/mol. The van der Waals surface area contributed by atoms with Crippen molar-refractivity contribution in [2.24, 2.45) is 0 Å². The number of amides is 1. The Morgan fingerprint density at radius 2 is 2.16 bits per heavy atom. The topological polar surface area (TPSA) is 41.4 Å². The number of aromatic nitrogens is 2. The lowest BCUT2D eigenvalue weighted by Gasteiger charge is -2.29. The van der Waals surface area contributed by atoms with Gasteiger partial charge in [0.2, 0.25) is 5.91 Å². The summed E-state index contributed by atoms with van der Waals surface area (Å²) in [7, 11) is 2.06. The number of carbonyl (C=O) groups is 1. The normalized spacial score (nSPS) is 28.2. The molecule has 5 nitrogen and oxygen atoms in total. The van der Waals surface area contributed by atoms with Crippen LogP contribution in [0, 0.1) is 0 Å². The molecule has 104 valence electrons. The first-order chi connectivity index (χ1) is 9.25. The predicted octanol–water partition coefficient (Wildman–Crippen LogP) is 0.968. The molecule has 19 heavy (non-hydrogen) atoms. The molecule has 0 spiro atoms. The fraction of sp³-hybridized carbons (Fsp3) is 0.714. The second-order valence-corrected chi connectivity index (χ2v) is 5.69. The van der Waals surface area contributed by atoms with Gasteiger partial charge in [-0.3, -0.25) is 14.4 Å². The minimum atomic E-state index is 0.109. The van der Waals surface area contributed by atoms with Crippen molar-refractivity contribution in [1.82, 2.24) is 19.6 Å². The van der Waals surface area contributed by atoms with Crippen LogP contribution in [0.15, 0.2) is 18.5 Å². The van der Waals surface area contributed by atoms with E-state index in [-0.39, 0.29) is 6.04 Å². The van der Waals surface area contributed by atoms with Gasteiger partial charge in [0.1, 0.15) is 0 Å². The van der Waals surface area contributed by atoms with Crippen LogP contribution in [0.4, 0.5) is 0 Å². The number of hydrogen-bond donors (Lipinski definition) is 0. The molecule has 3 rings (SSSR count). The SMILES string of the molecule is CN1CCC[C@@H]1C(=O)N1CCC[C@@H]1Cn1cccn1. The van der Waals surface area contributed by atoms with Crippen LogP contribution in [0.1, 0.15) is 25.7 Å². The molecule has 2 aliphatic heterocycles. The number of hydrogen-bond acceptors (Lipinski definition) is 3. The number of likely N-dealkylation sites (N-methyl/N-ethyl adjacent to an activating group) is 1. The molecule has 2 atom stereocenters. The third-order valence-electron chi connectivity index (χ3n) is 4.42. The minimum Gasteiger partial charge on any atom is -0.336 e. The molecule has 1 aromatic heterocycles. The number of likely N-dealkylation sites (tertiary alicyclic amines) is 2. The first kappa shape index (κ1) is 12.7. The van der Waals surface area contributed by atoms with E-state index in [1.807, 2.05) is 16.9 Å². The lowest BCUT2D eigenvalue weighted by atomic mass is 10.1. The molecule has 0 aliphatic carbocycles. The summed E-state index contributed by atoms with van der Waals surface area (Å²) < 4.78 is 1.94. The van der Waals surface area contributed by atoms with E-state index in [0.717, 1.165) is 45.3 Å². The van der Waals surface area contributed by atoms with Crippen molar-refractivity contribution in [2.75, 3.05) is 20.1 Å². The zero-order valence-corrected chi connectivity index (χ0v) is 11.5. The minimum absolute atomic E-state index is 0.109. The van der Waals surface area contributed by atoms with E-state index in [1.54, 1.807) is 6.20 Å². The summed E-state index contributed by atoms with van der Waals surface area (Å²) in [6, 6.07) is 2.37. The van der Waals surface area contributed by atoms with Crippen LogP contribution in [0.2, 0.25) is 0 Å². The Bertz CT molecular complexity index is 431. The second kappa shape index (κ2) is 5.33. The van der Waals surface area contributed by atoms with E-state index < -0.39 is 0 Å². The number of nitrogens with zero attached hydrogens (tertiary/aromatic N) is 4. The van der Waals surface area contributed by atoms with Gasteiger partial charge in [-0.25, -0.2) is 0 Å². The summed E-state index contributed by atoms with van der Waals surface area (Å²) in [4.78, 5) is 16.9. The third kappa shape index (κ3) is 2.52. The molecule has 1 amide bonds. The summed E-state index contributed by atoms with van der Waals surface area (Å²) in [5.74, 6) is 0.328. The van der Waals surface area contributed by atoms with Crippen LogP contribution in [-0.2, 0) is 11.3 Å². The van der Waals surface area contributed by atoms with E-state index in [9.17, 15) is 4.79 Å². The van der Waals surface area contributed by atoms with Gasteiger partial charge in [-0.2, -0.15) is 5.10 Å². The van der Waals surface area contributed by atoms with Crippen LogP contribution in [-0.4, -0.2) is 57.7 Å². The van der Waals surface area contributed by atoms with Gasteiger partial charge in [0.05, 0.1) is 18.6 Å². The molecule has 2 fully saturated rings. The Morgan fingerprint density at radius 3 is 2.84 bits per heavy atom. The van der Waals surface area contributed by atoms with Crippen LogP contribution in [0.25, 0.3) is 0 Å². The van der Waals surface area contributed by atoms with E-state index in [2.05, 4.69) is 21.9 Å². The fourth-order valence-corrected chi connectivity index (χ4v) is 3.35. The van der Waals surface area contributed by atoms with Gasteiger partial charge in [0.25, 0.3) is 0 Å². The average molecular weight is 262 g/mol. The molecule has 0 radical (unpaired) electrons. The van der Waals surface area contributed by atoms with E-state index in [1.165, 1.54) is 0 Å². The van der Waals surface area contributed by atoms with Crippen molar-refractivity contribution in [2.45, 2.75) is 44.3 Å². The van der Waals surface area contributed by atoms with E-state index in [0.29, 0.717) is 11.9 Å². The van der Waals surface area contributed by atoms with Crippen LogP contribution < -0.4 is 0 Å². The Kier molecular flexibility index (Phi) is 3.55. The van der Waals surface area contributed by atoms with Gasteiger partial charge in [-0.15, -0.1) is 0 Å².